The Hall–Kier alpha value is -1.68. The Kier molecular flexibility index (Phi) is 4.10. The molecule has 4 heteroatoms. The van der Waals surface area contributed by atoms with Crippen molar-refractivity contribution in [2.45, 2.75) is 32.5 Å². The smallest absolute Gasteiger partial charge is 0.123 e. The predicted molar refractivity (Wildman–Crippen MR) is 69.6 cm³/mol. The molecular weight excluding hydrogens is 229 g/mol. The monoisotopic (exact) mass is 247 g/mol. The Morgan fingerprint density at radius 1 is 1.39 bits per heavy atom. The lowest BCUT2D eigenvalue weighted by Crippen LogP contribution is -2.32. The highest BCUT2D eigenvalue weighted by atomic mass is 19.1. The molecule has 0 saturated carbocycles. The van der Waals surface area contributed by atoms with Crippen LogP contribution in [0.5, 0.6) is 0 Å². The Morgan fingerprint density at radius 3 is 2.89 bits per heavy atom. The summed E-state index contributed by atoms with van der Waals surface area (Å²) in [6, 6.07) is 7.12. The molecule has 1 heterocycles. The largest absolute Gasteiger partial charge is 0.336 e. The Bertz CT molecular complexity index is 482. The van der Waals surface area contributed by atoms with Gasteiger partial charge in [-0.15, -0.1) is 0 Å². The minimum absolute atomic E-state index is 0.124. The lowest BCUT2D eigenvalue weighted by atomic mass is 10.1. The van der Waals surface area contributed by atoms with E-state index < -0.39 is 0 Å². The average molecular weight is 247 g/mol. The minimum Gasteiger partial charge on any atom is -0.336 e. The van der Waals surface area contributed by atoms with Crippen molar-refractivity contribution in [2.24, 2.45) is 0 Å². The lowest BCUT2D eigenvalue weighted by molar-refractivity contribution is 0.429. The molecule has 2 atom stereocenters. The van der Waals surface area contributed by atoms with Gasteiger partial charge in [-0.05, 0) is 31.5 Å². The van der Waals surface area contributed by atoms with E-state index in [1.165, 1.54) is 6.07 Å². The van der Waals surface area contributed by atoms with Gasteiger partial charge >= 0.3 is 0 Å². The molecular formula is C14H18FN3. The molecule has 18 heavy (non-hydrogen) atoms. The molecule has 3 nitrogen and oxygen atoms in total. The number of nitrogens with zero attached hydrogens (tertiary/aromatic N) is 2. The van der Waals surface area contributed by atoms with Crippen LogP contribution in [0.15, 0.2) is 43.0 Å². The molecule has 0 fully saturated rings. The summed E-state index contributed by atoms with van der Waals surface area (Å²) >= 11 is 0. The maximum absolute atomic E-state index is 13.1. The van der Waals surface area contributed by atoms with Crippen molar-refractivity contribution in [3.63, 3.8) is 0 Å². The maximum Gasteiger partial charge on any atom is 0.123 e. The second-order valence-corrected chi connectivity index (χ2v) is 4.60. The molecule has 0 aliphatic heterocycles. The van der Waals surface area contributed by atoms with Crippen LogP contribution in [0.1, 0.15) is 25.5 Å². The number of halogens is 1. The molecule has 0 aliphatic rings. The van der Waals surface area contributed by atoms with E-state index >= 15 is 0 Å². The molecule has 0 aliphatic carbocycles. The van der Waals surface area contributed by atoms with Gasteiger partial charge in [0.2, 0.25) is 0 Å². The highest BCUT2D eigenvalue weighted by Crippen LogP contribution is 2.14. The van der Waals surface area contributed by atoms with Gasteiger partial charge in [-0.1, -0.05) is 12.1 Å². The van der Waals surface area contributed by atoms with E-state index in [1.54, 1.807) is 24.7 Å². The predicted octanol–water partition coefficient (Wildman–Crippen LogP) is 2.76. The molecule has 0 spiro atoms. The number of hydrogen-bond donors (Lipinski definition) is 1. The normalized spacial score (nSPS) is 14.4. The summed E-state index contributed by atoms with van der Waals surface area (Å²) in [4.78, 5) is 4.01. The van der Waals surface area contributed by atoms with Crippen LogP contribution in [0.2, 0.25) is 0 Å². The fourth-order valence-electron chi connectivity index (χ4n) is 2.06. The first kappa shape index (κ1) is 12.8. The molecule has 2 unspecified atom stereocenters. The molecule has 0 radical (unpaired) electrons. The second kappa shape index (κ2) is 5.78. The SMILES string of the molecule is CC(Cn1ccnc1)NC(C)c1cccc(F)c1. The Morgan fingerprint density at radius 2 is 2.22 bits per heavy atom. The number of aromatic nitrogens is 2. The van der Waals surface area contributed by atoms with Crippen LogP contribution in [0.4, 0.5) is 4.39 Å². The van der Waals surface area contributed by atoms with Gasteiger partial charge in [0, 0.05) is 31.0 Å². The van der Waals surface area contributed by atoms with Crippen LogP contribution in [0.3, 0.4) is 0 Å². The summed E-state index contributed by atoms with van der Waals surface area (Å²) in [7, 11) is 0. The quantitative estimate of drug-likeness (QED) is 0.880. The zero-order valence-electron chi connectivity index (χ0n) is 10.7. The van der Waals surface area contributed by atoms with Crippen LogP contribution in [-0.2, 0) is 6.54 Å². The zero-order chi connectivity index (χ0) is 13.0. The third-order valence-corrected chi connectivity index (χ3v) is 2.93. The summed E-state index contributed by atoms with van der Waals surface area (Å²) in [5.74, 6) is -0.191. The lowest BCUT2D eigenvalue weighted by Gasteiger charge is -2.20. The fourth-order valence-corrected chi connectivity index (χ4v) is 2.06. The highest BCUT2D eigenvalue weighted by molar-refractivity contribution is 5.19. The minimum atomic E-state index is -0.191. The molecule has 0 amide bonds. The van der Waals surface area contributed by atoms with Crippen LogP contribution in [0.25, 0.3) is 0 Å². The number of imidazole rings is 1. The highest BCUT2D eigenvalue weighted by Gasteiger charge is 2.10. The van der Waals surface area contributed by atoms with E-state index in [1.807, 2.05) is 23.8 Å². The molecule has 1 aromatic carbocycles. The molecule has 2 rings (SSSR count). The first-order chi connectivity index (χ1) is 8.65. The van der Waals surface area contributed by atoms with Crippen molar-refractivity contribution in [3.8, 4) is 0 Å². The Labute approximate surface area is 107 Å². The van der Waals surface area contributed by atoms with Gasteiger partial charge in [-0.2, -0.15) is 0 Å². The van der Waals surface area contributed by atoms with E-state index in [2.05, 4.69) is 17.2 Å². The van der Waals surface area contributed by atoms with Gasteiger partial charge in [-0.3, -0.25) is 0 Å². The summed E-state index contributed by atoms with van der Waals surface area (Å²) in [5, 5.41) is 3.45. The van der Waals surface area contributed by atoms with E-state index in [4.69, 9.17) is 0 Å². The standard InChI is InChI=1S/C14H18FN3/c1-11(9-18-7-6-16-10-18)17-12(2)13-4-3-5-14(15)8-13/h3-8,10-12,17H,9H2,1-2H3. The summed E-state index contributed by atoms with van der Waals surface area (Å²) in [5.41, 5.74) is 0.965. The van der Waals surface area contributed by atoms with Crippen molar-refractivity contribution in [1.29, 1.82) is 0 Å². The van der Waals surface area contributed by atoms with Gasteiger partial charge in [0.1, 0.15) is 5.82 Å². The topological polar surface area (TPSA) is 29.9 Å². The van der Waals surface area contributed by atoms with Gasteiger partial charge in [-0.25, -0.2) is 9.37 Å². The van der Waals surface area contributed by atoms with Crippen molar-refractivity contribution < 1.29 is 4.39 Å². The second-order valence-electron chi connectivity index (χ2n) is 4.60. The molecule has 0 saturated heterocycles. The molecule has 2 aromatic rings. The molecule has 0 bridgehead atoms. The van der Waals surface area contributed by atoms with Crippen molar-refractivity contribution >= 4 is 0 Å². The zero-order valence-corrected chi connectivity index (χ0v) is 10.7. The van der Waals surface area contributed by atoms with Crippen LogP contribution in [-0.4, -0.2) is 15.6 Å². The summed E-state index contributed by atoms with van der Waals surface area (Å²) < 4.78 is 15.2. The van der Waals surface area contributed by atoms with Gasteiger partial charge in [0.25, 0.3) is 0 Å². The summed E-state index contributed by atoms with van der Waals surface area (Å²) in [6.45, 7) is 4.99. The van der Waals surface area contributed by atoms with Crippen LogP contribution in [0, 0.1) is 5.82 Å². The van der Waals surface area contributed by atoms with Crippen molar-refractivity contribution in [2.75, 3.05) is 0 Å². The van der Waals surface area contributed by atoms with E-state index in [-0.39, 0.29) is 17.9 Å². The van der Waals surface area contributed by atoms with Crippen LogP contribution < -0.4 is 5.32 Å². The van der Waals surface area contributed by atoms with E-state index in [0.29, 0.717) is 0 Å². The van der Waals surface area contributed by atoms with Gasteiger partial charge < -0.3 is 9.88 Å². The number of hydrogen-bond acceptors (Lipinski definition) is 2. The van der Waals surface area contributed by atoms with Crippen molar-refractivity contribution in [3.05, 3.63) is 54.4 Å². The average Bonchev–Trinajstić information content (AvgIpc) is 2.81. The maximum atomic E-state index is 13.1. The third kappa shape index (κ3) is 3.40. The van der Waals surface area contributed by atoms with Crippen LogP contribution >= 0.6 is 0 Å². The molecule has 96 valence electrons. The number of rotatable bonds is 5. The molecule has 1 N–H and O–H groups in total. The first-order valence-corrected chi connectivity index (χ1v) is 6.12. The van der Waals surface area contributed by atoms with E-state index in [9.17, 15) is 4.39 Å². The Balaban J connectivity index is 1.92. The first-order valence-electron chi connectivity index (χ1n) is 6.12. The van der Waals surface area contributed by atoms with Gasteiger partial charge in [0.05, 0.1) is 6.33 Å². The van der Waals surface area contributed by atoms with Gasteiger partial charge in [0.15, 0.2) is 0 Å². The number of nitrogens with one attached hydrogen (secondary N) is 1. The van der Waals surface area contributed by atoms with E-state index in [0.717, 1.165) is 12.1 Å². The number of benzene rings is 1. The fraction of sp³-hybridized carbons (Fsp3) is 0.357. The van der Waals surface area contributed by atoms with Crippen molar-refractivity contribution in [1.82, 2.24) is 14.9 Å². The third-order valence-electron chi connectivity index (χ3n) is 2.93. The molecule has 1 aromatic heterocycles. The summed E-state index contributed by atoms with van der Waals surface area (Å²) in [6.07, 6.45) is 5.50.